The Morgan fingerprint density at radius 3 is 2.70 bits per heavy atom. The lowest BCUT2D eigenvalue weighted by atomic mass is 10.1. The van der Waals surface area contributed by atoms with E-state index in [-0.39, 0.29) is 31.7 Å². The quantitative estimate of drug-likeness (QED) is 0.721. The summed E-state index contributed by atoms with van der Waals surface area (Å²) in [5, 5.41) is 12.4. The van der Waals surface area contributed by atoms with E-state index in [1.54, 1.807) is 7.11 Å². The van der Waals surface area contributed by atoms with Crippen LogP contribution in [-0.2, 0) is 6.54 Å². The molecule has 2 N–H and O–H groups in total. The summed E-state index contributed by atoms with van der Waals surface area (Å²) >= 11 is 0. The van der Waals surface area contributed by atoms with Crippen molar-refractivity contribution in [3.63, 3.8) is 0 Å². The fourth-order valence-electron chi connectivity index (χ4n) is 1.66. The van der Waals surface area contributed by atoms with Crippen LogP contribution in [0.25, 0.3) is 0 Å². The number of methoxy groups -OCH3 is 1. The number of benzene rings is 1. The molecule has 0 radical (unpaired) electrons. The number of nitrogens with one attached hydrogen (secondary N) is 1. The lowest BCUT2D eigenvalue weighted by Gasteiger charge is -2.15. The van der Waals surface area contributed by atoms with Gasteiger partial charge < -0.3 is 19.9 Å². The largest absolute Gasteiger partial charge is 0.493 e. The molecule has 112 valence electrons. The summed E-state index contributed by atoms with van der Waals surface area (Å²) in [6.07, 6.45) is 6.05. The van der Waals surface area contributed by atoms with Gasteiger partial charge in [-0.3, -0.25) is 0 Å². The number of hydrogen-bond acceptors (Lipinski definition) is 4. The summed E-state index contributed by atoms with van der Waals surface area (Å²) in [6.45, 7) is 3.06. The summed E-state index contributed by atoms with van der Waals surface area (Å²) in [7, 11) is 1.60. The number of aliphatic hydroxyl groups is 1. The Morgan fingerprint density at radius 2 is 2.15 bits per heavy atom. The molecule has 1 aromatic carbocycles. The van der Waals surface area contributed by atoms with Gasteiger partial charge >= 0.3 is 0 Å². The van der Waals surface area contributed by atoms with Gasteiger partial charge in [-0.2, -0.15) is 0 Å². The predicted octanol–water partition coefficient (Wildman–Crippen LogP) is 1.99. The van der Waals surface area contributed by atoms with E-state index in [0.717, 1.165) is 12.0 Å². The van der Waals surface area contributed by atoms with Crippen molar-refractivity contribution < 1.29 is 14.6 Å². The Bertz CT molecular complexity index is 428. The molecule has 0 aliphatic rings. The van der Waals surface area contributed by atoms with Crippen LogP contribution < -0.4 is 14.8 Å². The van der Waals surface area contributed by atoms with Gasteiger partial charge in [0.05, 0.1) is 13.7 Å². The van der Waals surface area contributed by atoms with E-state index in [0.29, 0.717) is 18.0 Å². The molecule has 0 fully saturated rings. The molecule has 1 unspecified atom stereocenters. The average Bonchev–Trinajstić information content (AvgIpc) is 2.46. The van der Waals surface area contributed by atoms with Crippen LogP contribution >= 0.6 is 12.4 Å². The van der Waals surface area contributed by atoms with E-state index in [9.17, 15) is 0 Å². The van der Waals surface area contributed by atoms with E-state index in [1.165, 1.54) is 0 Å². The second-order valence-corrected chi connectivity index (χ2v) is 4.15. The first-order valence-electron chi connectivity index (χ1n) is 6.32. The topological polar surface area (TPSA) is 50.7 Å². The molecule has 0 aliphatic carbocycles. The summed E-state index contributed by atoms with van der Waals surface area (Å²) in [5.41, 5.74) is 1.07. The van der Waals surface area contributed by atoms with E-state index in [4.69, 9.17) is 21.0 Å². The maximum atomic E-state index is 9.12. The van der Waals surface area contributed by atoms with Crippen LogP contribution in [0.5, 0.6) is 11.5 Å². The lowest BCUT2D eigenvalue weighted by molar-refractivity contribution is 0.238. The molecule has 4 nitrogen and oxygen atoms in total. The van der Waals surface area contributed by atoms with Crippen molar-refractivity contribution in [3.8, 4) is 23.8 Å². The summed E-state index contributed by atoms with van der Waals surface area (Å²) < 4.78 is 10.7. The van der Waals surface area contributed by atoms with Gasteiger partial charge in [-0.05, 0) is 24.1 Å². The Labute approximate surface area is 126 Å². The average molecular weight is 300 g/mol. The Morgan fingerprint density at radius 1 is 1.40 bits per heavy atom. The van der Waals surface area contributed by atoms with Crippen molar-refractivity contribution in [3.05, 3.63) is 23.8 Å². The highest BCUT2D eigenvalue weighted by molar-refractivity contribution is 5.85. The van der Waals surface area contributed by atoms with Crippen LogP contribution in [0, 0.1) is 12.3 Å². The fraction of sp³-hybridized carbons (Fsp3) is 0.467. The van der Waals surface area contributed by atoms with Crippen LogP contribution in [0.1, 0.15) is 18.9 Å². The maximum Gasteiger partial charge on any atom is 0.162 e. The van der Waals surface area contributed by atoms with Crippen LogP contribution in [0.4, 0.5) is 0 Å². The Kier molecular flexibility index (Phi) is 9.65. The van der Waals surface area contributed by atoms with Crippen molar-refractivity contribution in [2.45, 2.75) is 25.9 Å². The van der Waals surface area contributed by atoms with Crippen molar-refractivity contribution in [2.24, 2.45) is 0 Å². The monoisotopic (exact) mass is 299 g/mol. The molecule has 0 aromatic heterocycles. The van der Waals surface area contributed by atoms with E-state index in [2.05, 4.69) is 11.2 Å². The molecule has 0 aliphatic heterocycles. The van der Waals surface area contributed by atoms with Gasteiger partial charge in [-0.15, -0.1) is 18.8 Å². The molecular weight excluding hydrogens is 278 g/mol. The highest BCUT2D eigenvalue weighted by Gasteiger charge is 2.07. The first-order valence-corrected chi connectivity index (χ1v) is 6.32. The van der Waals surface area contributed by atoms with Gasteiger partial charge in [0.2, 0.25) is 0 Å². The van der Waals surface area contributed by atoms with Crippen LogP contribution in [0.15, 0.2) is 18.2 Å². The standard InChI is InChI=1S/C15H21NO3.ClH/c1-4-8-19-14-7-6-12(9-15(14)18-3)10-16-13(5-2)11-17;/h1,6-7,9,13,16-17H,5,8,10-11H2,2-3H3;1H. The third kappa shape index (κ3) is 5.70. The zero-order chi connectivity index (χ0) is 14.1. The molecular formula is C15H22ClNO3. The third-order valence-corrected chi connectivity index (χ3v) is 2.85. The molecule has 1 atom stereocenters. The second-order valence-electron chi connectivity index (χ2n) is 4.15. The van der Waals surface area contributed by atoms with Crippen molar-refractivity contribution >= 4 is 12.4 Å². The zero-order valence-corrected chi connectivity index (χ0v) is 12.7. The number of rotatable bonds is 8. The van der Waals surface area contributed by atoms with Crippen molar-refractivity contribution in [1.29, 1.82) is 0 Å². The first kappa shape index (κ1) is 18.6. The van der Waals surface area contributed by atoms with Crippen molar-refractivity contribution in [2.75, 3.05) is 20.3 Å². The summed E-state index contributed by atoms with van der Waals surface area (Å²) in [5.74, 6) is 3.72. The number of ether oxygens (including phenoxy) is 2. The van der Waals surface area contributed by atoms with E-state index < -0.39 is 0 Å². The minimum Gasteiger partial charge on any atom is -0.493 e. The van der Waals surface area contributed by atoms with Crippen LogP contribution in [0.3, 0.4) is 0 Å². The number of halogens is 1. The molecule has 1 rings (SSSR count). The molecule has 0 amide bonds. The smallest absolute Gasteiger partial charge is 0.162 e. The minimum atomic E-state index is 0. The minimum absolute atomic E-state index is 0. The summed E-state index contributed by atoms with van der Waals surface area (Å²) in [4.78, 5) is 0. The Hall–Kier alpha value is -1.41. The van der Waals surface area contributed by atoms with E-state index in [1.807, 2.05) is 25.1 Å². The molecule has 1 aromatic rings. The molecule has 0 spiro atoms. The van der Waals surface area contributed by atoms with Crippen LogP contribution in [-0.4, -0.2) is 31.5 Å². The fourth-order valence-corrected chi connectivity index (χ4v) is 1.66. The highest BCUT2D eigenvalue weighted by atomic mass is 35.5. The zero-order valence-electron chi connectivity index (χ0n) is 11.9. The highest BCUT2D eigenvalue weighted by Crippen LogP contribution is 2.27. The van der Waals surface area contributed by atoms with Gasteiger partial charge in [-0.1, -0.05) is 18.9 Å². The number of terminal acetylenes is 1. The number of aliphatic hydroxyl groups excluding tert-OH is 1. The van der Waals surface area contributed by atoms with Gasteiger partial charge in [0.1, 0.15) is 6.61 Å². The lowest BCUT2D eigenvalue weighted by Crippen LogP contribution is -2.31. The summed E-state index contributed by atoms with van der Waals surface area (Å²) in [6, 6.07) is 5.81. The van der Waals surface area contributed by atoms with Gasteiger partial charge in [-0.25, -0.2) is 0 Å². The van der Waals surface area contributed by atoms with Gasteiger partial charge in [0, 0.05) is 12.6 Å². The number of hydrogen-bond donors (Lipinski definition) is 2. The van der Waals surface area contributed by atoms with Gasteiger partial charge in [0.25, 0.3) is 0 Å². The SMILES string of the molecule is C#CCOc1ccc(CNC(CC)CO)cc1OC.Cl. The molecule has 0 saturated carbocycles. The first-order chi connectivity index (χ1) is 9.24. The maximum absolute atomic E-state index is 9.12. The van der Waals surface area contributed by atoms with Crippen LogP contribution in [0.2, 0.25) is 0 Å². The second kappa shape index (κ2) is 10.4. The Balaban J connectivity index is 0.00000361. The van der Waals surface area contributed by atoms with E-state index >= 15 is 0 Å². The van der Waals surface area contributed by atoms with Gasteiger partial charge in [0.15, 0.2) is 11.5 Å². The predicted molar refractivity (Wildman–Crippen MR) is 82.6 cm³/mol. The normalized spacial score (nSPS) is 11.1. The molecule has 0 saturated heterocycles. The molecule has 20 heavy (non-hydrogen) atoms. The molecule has 5 heteroatoms. The third-order valence-electron chi connectivity index (χ3n) is 2.85. The molecule has 0 bridgehead atoms. The molecule has 0 heterocycles. The van der Waals surface area contributed by atoms with Crippen molar-refractivity contribution in [1.82, 2.24) is 5.32 Å².